The van der Waals surface area contributed by atoms with Crippen LogP contribution >= 0.6 is 0 Å². The van der Waals surface area contributed by atoms with Crippen molar-refractivity contribution in [3.63, 3.8) is 0 Å². The third-order valence-corrected chi connectivity index (χ3v) is 2.51. The quantitative estimate of drug-likeness (QED) is 0.811. The molecule has 0 unspecified atom stereocenters. The summed E-state index contributed by atoms with van der Waals surface area (Å²) in [6.07, 6.45) is 0.782. The summed E-state index contributed by atoms with van der Waals surface area (Å²) in [7, 11) is 1.75. The van der Waals surface area contributed by atoms with Crippen molar-refractivity contribution in [2.45, 2.75) is 13.3 Å². The number of benzene rings is 1. The average molecular weight is 202 g/mol. The van der Waals surface area contributed by atoms with Gasteiger partial charge in [-0.2, -0.15) is 5.10 Å². The zero-order valence-electron chi connectivity index (χ0n) is 8.94. The molecule has 0 amide bonds. The molecule has 3 heteroatoms. The summed E-state index contributed by atoms with van der Waals surface area (Å²) in [5.74, 6) is 0.261. The van der Waals surface area contributed by atoms with Crippen LogP contribution in [0.3, 0.4) is 0 Å². The van der Waals surface area contributed by atoms with Crippen LogP contribution in [0.25, 0.3) is 11.3 Å². The number of nitrogens with zero attached hydrogens (tertiary/aromatic N) is 2. The summed E-state index contributed by atoms with van der Waals surface area (Å²) in [4.78, 5) is 0. The predicted octanol–water partition coefficient (Wildman–Crippen LogP) is 2.36. The normalized spacial score (nSPS) is 10.5. The van der Waals surface area contributed by atoms with Gasteiger partial charge in [-0.3, -0.25) is 0 Å². The second-order valence-electron chi connectivity index (χ2n) is 3.49. The molecule has 15 heavy (non-hydrogen) atoms. The Morgan fingerprint density at radius 1 is 1.27 bits per heavy atom. The van der Waals surface area contributed by atoms with Crippen LogP contribution in [0.15, 0.2) is 30.3 Å². The minimum absolute atomic E-state index is 0.261. The van der Waals surface area contributed by atoms with Gasteiger partial charge in [-0.05, 0) is 6.42 Å². The molecule has 0 saturated carbocycles. The standard InChI is InChI=1S/C12H14N2O/c1-3-10-11(13-14(2)12(10)15)9-7-5-4-6-8-9/h4-8,15H,3H2,1-2H3. The minimum Gasteiger partial charge on any atom is -0.493 e. The van der Waals surface area contributed by atoms with Crippen LogP contribution in [-0.2, 0) is 13.5 Å². The van der Waals surface area contributed by atoms with Gasteiger partial charge in [0.2, 0.25) is 5.88 Å². The van der Waals surface area contributed by atoms with E-state index in [-0.39, 0.29) is 5.88 Å². The maximum Gasteiger partial charge on any atom is 0.212 e. The summed E-state index contributed by atoms with van der Waals surface area (Å²) in [5.41, 5.74) is 2.83. The van der Waals surface area contributed by atoms with Crippen molar-refractivity contribution in [3.05, 3.63) is 35.9 Å². The summed E-state index contributed by atoms with van der Waals surface area (Å²) in [5, 5.41) is 14.1. The molecule has 2 rings (SSSR count). The first kappa shape index (κ1) is 9.77. The lowest BCUT2D eigenvalue weighted by molar-refractivity contribution is 0.414. The van der Waals surface area contributed by atoms with Crippen LogP contribution in [0.5, 0.6) is 5.88 Å². The first-order valence-electron chi connectivity index (χ1n) is 5.04. The monoisotopic (exact) mass is 202 g/mol. The van der Waals surface area contributed by atoms with Crippen molar-refractivity contribution >= 4 is 0 Å². The largest absolute Gasteiger partial charge is 0.493 e. The molecule has 0 aliphatic carbocycles. The second-order valence-corrected chi connectivity index (χ2v) is 3.49. The van der Waals surface area contributed by atoms with Gasteiger partial charge in [0, 0.05) is 18.2 Å². The molecule has 0 saturated heterocycles. The van der Waals surface area contributed by atoms with Gasteiger partial charge in [0.1, 0.15) is 0 Å². The zero-order valence-corrected chi connectivity index (χ0v) is 8.94. The van der Waals surface area contributed by atoms with Crippen molar-refractivity contribution in [2.75, 3.05) is 0 Å². The molecular formula is C12H14N2O. The van der Waals surface area contributed by atoms with E-state index in [1.807, 2.05) is 37.3 Å². The highest BCUT2D eigenvalue weighted by molar-refractivity contribution is 5.65. The summed E-state index contributed by atoms with van der Waals surface area (Å²) in [6, 6.07) is 9.92. The van der Waals surface area contributed by atoms with E-state index >= 15 is 0 Å². The number of hydrogen-bond acceptors (Lipinski definition) is 2. The van der Waals surface area contributed by atoms with E-state index in [4.69, 9.17) is 0 Å². The Kier molecular flexibility index (Phi) is 2.46. The van der Waals surface area contributed by atoms with Gasteiger partial charge in [-0.15, -0.1) is 0 Å². The highest BCUT2D eigenvalue weighted by Gasteiger charge is 2.14. The smallest absolute Gasteiger partial charge is 0.212 e. The first-order chi connectivity index (χ1) is 7.24. The molecule has 0 bridgehead atoms. The van der Waals surface area contributed by atoms with Crippen molar-refractivity contribution in [1.29, 1.82) is 0 Å². The maximum atomic E-state index is 9.78. The topological polar surface area (TPSA) is 38.0 Å². The summed E-state index contributed by atoms with van der Waals surface area (Å²) >= 11 is 0. The van der Waals surface area contributed by atoms with Crippen LogP contribution in [0, 0.1) is 0 Å². The lowest BCUT2D eigenvalue weighted by Gasteiger charge is -1.98. The Morgan fingerprint density at radius 3 is 2.53 bits per heavy atom. The average Bonchev–Trinajstić information content (AvgIpc) is 2.56. The fraction of sp³-hybridized carbons (Fsp3) is 0.250. The summed E-state index contributed by atoms with van der Waals surface area (Å²) < 4.78 is 1.52. The Bertz CT molecular complexity index is 460. The number of hydrogen-bond donors (Lipinski definition) is 1. The molecule has 0 aliphatic heterocycles. The molecule has 1 aromatic carbocycles. The van der Waals surface area contributed by atoms with Crippen LogP contribution in [-0.4, -0.2) is 14.9 Å². The van der Waals surface area contributed by atoms with E-state index in [0.717, 1.165) is 23.2 Å². The highest BCUT2D eigenvalue weighted by Crippen LogP contribution is 2.28. The molecule has 0 spiro atoms. The van der Waals surface area contributed by atoms with Crippen molar-refractivity contribution in [2.24, 2.45) is 7.05 Å². The molecule has 0 radical (unpaired) electrons. The van der Waals surface area contributed by atoms with Gasteiger partial charge in [0.15, 0.2) is 0 Å². The van der Waals surface area contributed by atoms with Crippen LogP contribution < -0.4 is 0 Å². The molecular weight excluding hydrogens is 188 g/mol. The molecule has 1 heterocycles. The van der Waals surface area contributed by atoms with E-state index in [1.54, 1.807) is 7.05 Å². The lowest BCUT2D eigenvalue weighted by Crippen LogP contribution is -1.88. The van der Waals surface area contributed by atoms with Gasteiger partial charge < -0.3 is 5.11 Å². The molecule has 78 valence electrons. The van der Waals surface area contributed by atoms with E-state index in [9.17, 15) is 5.11 Å². The van der Waals surface area contributed by atoms with Crippen molar-refractivity contribution in [3.8, 4) is 17.1 Å². The van der Waals surface area contributed by atoms with Crippen molar-refractivity contribution < 1.29 is 5.11 Å². The Labute approximate surface area is 89.0 Å². The summed E-state index contributed by atoms with van der Waals surface area (Å²) in [6.45, 7) is 2.02. The molecule has 1 N–H and O–H groups in total. The molecule has 0 atom stereocenters. The third-order valence-electron chi connectivity index (χ3n) is 2.51. The number of rotatable bonds is 2. The Hall–Kier alpha value is -1.77. The third kappa shape index (κ3) is 1.61. The zero-order chi connectivity index (χ0) is 10.8. The minimum atomic E-state index is 0.261. The fourth-order valence-corrected chi connectivity index (χ4v) is 1.71. The van der Waals surface area contributed by atoms with Gasteiger partial charge in [-0.1, -0.05) is 37.3 Å². The van der Waals surface area contributed by atoms with Gasteiger partial charge >= 0.3 is 0 Å². The van der Waals surface area contributed by atoms with Crippen LogP contribution in [0.2, 0.25) is 0 Å². The molecule has 0 fully saturated rings. The molecule has 2 aromatic rings. The molecule has 1 aromatic heterocycles. The molecule has 0 aliphatic rings. The Morgan fingerprint density at radius 2 is 1.93 bits per heavy atom. The number of aromatic nitrogens is 2. The predicted molar refractivity (Wildman–Crippen MR) is 59.7 cm³/mol. The van der Waals surface area contributed by atoms with Crippen LogP contribution in [0.4, 0.5) is 0 Å². The lowest BCUT2D eigenvalue weighted by atomic mass is 10.1. The SMILES string of the molecule is CCc1c(-c2ccccc2)nn(C)c1O. The van der Waals surface area contributed by atoms with Gasteiger partial charge in [0.25, 0.3) is 0 Å². The first-order valence-corrected chi connectivity index (χ1v) is 5.04. The van der Waals surface area contributed by atoms with E-state index in [1.165, 1.54) is 4.68 Å². The Balaban J connectivity index is 2.58. The van der Waals surface area contributed by atoms with Gasteiger partial charge in [-0.25, -0.2) is 4.68 Å². The van der Waals surface area contributed by atoms with Crippen LogP contribution in [0.1, 0.15) is 12.5 Å². The van der Waals surface area contributed by atoms with Gasteiger partial charge in [0.05, 0.1) is 5.69 Å². The highest BCUT2D eigenvalue weighted by atomic mass is 16.3. The van der Waals surface area contributed by atoms with E-state index < -0.39 is 0 Å². The van der Waals surface area contributed by atoms with Crippen molar-refractivity contribution in [1.82, 2.24) is 9.78 Å². The maximum absolute atomic E-state index is 9.78. The van der Waals surface area contributed by atoms with E-state index in [2.05, 4.69) is 5.10 Å². The van der Waals surface area contributed by atoms with E-state index in [0.29, 0.717) is 0 Å². The fourth-order valence-electron chi connectivity index (χ4n) is 1.71. The second kappa shape index (κ2) is 3.77. The number of aromatic hydroxyl groups is 1. The molecule has 3 nitrogen and oxygen atoms in total. The number of aryl methyl sites for hydroxylation is 1.